The molecule has 0 aromatic carbocycles. The predicted molar refractivity (Wildman–Crippen MR) is 59.4 cm³/mol. The van der Waals surface area contributed by atoms with Crippen LogP contribution in [0.15, 0.2) is 18.5 Å². The van der Waals surface area contributed by atoms with E-state index < -0.39 is 30.5 Å². The third kappa shape index (κ3) is 3.84. The summed E-state index contributed by atoms with van der Waals surface area (Å²) in [7, 11) is 0. The second kappa shape index (κ2) is 5.44. The first-order chi connectivity index (χ1) is 10.1. The molecule has 0 saturated heterocycles. The average molecular weight is 327 g/mol. The third-order valence-corrected chi connectivity index (χ3v) is 2.31. The number of ether oxygens (including phenoxy) is 1. The third-order valence-electron chi connectivity index (χ3n) is 2.31. The molecule has 0 fully saturated rings. The predicted octanol–water partition coefficient (Wildman–Crippen LogP) is 2.30. The summed E-state index contributed by atoms with van der Waals surface area (Å²) in [6.07, 6.45) is -7.89. The maximum atomic E-state index is 12.9. The van der Waals surface area contributed by atoms with Crippen molar-refractivity contribution in [1.82, 2.24) is 20.0 Å². The number of aromatic nitrogens is 4. The molecule has 2 rings (SSSR count). The summed E-state index contributed by atoms with van der Waals surface area (Å²) in [5, 5.41) is 6.91. The maximum absolute atomic E-state index is 12.9. The summed E-state index contributed by atoms with van der Waals surface area (Å²) >= 11 is 0. The first-order valence-electron chi connectivity index (χ1n) is 5.51. The Kier molecular flexibility index (Phi) is 3.96. The van der Waals surface area contributed by atoms with E-state index in [4.69, 9.17) is 5.73 Å². The number of anilines is 1. The van der Waals surface area contributed by atoms with Crippen LogP contribution in [0.4, 0.5) is 32.0 Å². The van der Waals surface area contributed by atoms with Crippen LogP contribution in [0.2, 0.25) is 0 Å². The summed E-state index contributed by atoms with van der Waals surface area (Å²) in [6, 6.07) is 0.623. The van der Waals surface area contributed by atoms with Gasteiger partial charge in [-0.3, -0.25) is 4.74 Å². The van der Waals surface area contributed by atoms with Crippen LogP contribution in [0.25, 0.3) is 5.82 Å². The molecular weight excluding hydrogens is 320 g/mol. The number of nitrogens with two attached hydrogens (primary N) is 1. The first kappa shape index (κ1) is 16.0. The Morgan fingerprint density at radius 1 is 1.14 bits per heavy atom. The Balaban J connectivity index is 2.32. The van der Waals surface area contributed by atoms with Crippen molar-refractivity contribution in [3.05, 3.63) is 29.7 Å². The topological polar surface area (TPSA) is 78.8 Å². The Bertz CT molecular complexity index is 665. The van der Waals surface area contributed by atoms with Gasteiger partial charge in [-0.25, -0.2) is 4.98 Å². The van der Waals surface area contributed by atoms with Crippen LogP contribution in [0.5, 0.6) is 0 Å². The molecule has 6 nitrogen and oxygen atoms in total. The molecular formula is C10H7F6N5O. The maximum Gasteiger partial charge on any atom is 0.522 e. The summed E-state index contributed by atoms with van der Waals surface area (Å²) in [5.41, 5.74) is 3.48. The average Bonchev–Trinajstić information content (AvgIpc) is 2.83. The van der Waals surface area contributed by atoms with Crippen LogP contribution < -0.4 is 5.73 Å². The molecule has 2 heterocycles. The van der Waals surface area contributed by atoms with Gasteiger partial charge >= 0.3 is 12.5 Å². The first-order valence-corrected chi connectivity index (χ1v) is 5.51. The quantitative estimate of drug-likeness (QED) is 0.875. The molecule has 0 aliphatic carbocycles. The van der Waals surface area contributed by atoms with Gasteiger partial charge < -0.3 is 5.73 Å². The van der Waals surface area contributed by atoms with Crippen LogP contribution in [0, 0.1) is 0 Å². The van der Waals surface area contributed by atoms with Gasteiger partial charge in [-0.05, 0) is 6.07 Å². The van der Waals surface area contributed by atoms with Crippen molar-refractivity contribution >= 4 is 5.69 Å². The monoisotopic (exact) mass is 327 g/mol. The van der Waals surface area contributed by atoms with E-state index in [0.29, 0.717) is 10.9 Å². The standard InChI is InChI=1S/C10H7F6N5O/c11-9(12,13)7-1-5(17)2-18-8(7)21-19-3-6(20-21)4-22-10(14,15)16/h1-3H,4,17H2. The zero-order valence-corrected chi connectivity index (χ0v) is 10.5. The number of pyridine rings is 1. The number of hydrogen-bond acceptors (Lipinski definition) is 5. The van der Waals surface area contributed by atoms with Gasteiger partial charge in [-0.2, -0.15) is 18.3 Å². The normalized spacial score (nSPS) is 12.6. The van der Waals surface area contributed by atoms with Gasteiger partial charge in [0.2, 0.25) is 0 Å². The summed E-state index contributed by atoms with van der Waals surface area (Å²) < 4.78 is 77.8. The summed E-state index contributed by atoms with van der Waals surface area (Å²) in [5.74, 6) is -0.708. The van der Waals surface area contributed by atoms with E-state index in [9.17, 15) is 26.3 Å². The van der Waals surface area contributed by atoms with E-state index in [1.165, 1.54) is 0 Å². The number of rotatable bonds is 3. The second-order valence-electron chi connectivity index (χ2n) is 4.00. The fourth-order valence-electron chi connectivity index (χ4n) is 1.46. The molecule has 0 aliphatic rings. The summed E-state index contributed by atoms with van der Waals surface area (Å²) in [4.78, 5) is 3.92. The number of hydrogen-bond donors (Lipinski definition) is 1. The van der Waals surface area contributed by atoms with E-state index in [1.54, 1.807) is 0 Å². The molecule has 0 unspecified atom stereocenters. The van der Waals surface area contributed by atoms with Crippen molar-refractivity contribution in [3.63, 3.8) is 0 Å². The second-order valence-corrected chi connectivity index (χ2v) is 4.00. The molecule has 0 saturated carbocycles. The molecule has 0 amide bonds. The highest BCUT2D eigenvalue weighted by molar-refractivity contribution is 5.46. The van der Waals surface area contributed by atoms with Crippen LogP contribution in [0.1, 0.15) is 11.3 Å². The molecule has 120 valence electrons. The zero-order valence-electron chi connectivity index (χ0n) is 10.5. The highest BCUT2D eigenvalue weighted by atomic mass is 19.4. The summed E-state index contributed by atoms with van der Waals surface area (Å²) in [6.45, 7) is -0.986. The lowest BCUT2D eigenvalue weighted by molar-refractivity contribution is -0.330. The van der Waals surface area contributed by atoms with Crippen LogP contribution >= 0.6 is 0 Å². The van der Waals surface area contributed by atoms with Gasteiger partial charge in [0, 0.05) is 0 Å². The minimum atomic E-state index is -4.89. The molecule has 22 heavy (non-hydrogen) atoms. The molecule has 2 aromatic rings. The van der Waals surface area contributed by atoms with Crippen molar-refractivity contribution in [2.75, 3.05) is 5.73 Å². The lowest BCUT2D eigenvalue weighted by Gasteiger charge is -2.11. The largest absolute Gasteiger partial charge is 0.522 e. The van der Waals surface area contributed by atoms with E-state index >= 15 is 0 Å². The van der Waals surface area contributed by atoms with Gasteiger partial charge in [0.05, 0.1) is 18.1 Å². The van der Waals surface area contributed by atoms with Crippen molar-refractivity contribution in [2.24, 2.45) is 0 Å². The van der Waals surface area contributed by atoms with Crippen LogP contribution in [0.3, 0.4) is 0 Å². The molecule has 12 heteroatoms. The minimum Gasteiger partial charge on any atom is -0.397 e. The number of halogens is 6. The van der Waals surface area contributed by atoms with Gasteiger partial charge in [-0.1, -0.05) is 0 Å². The highest BCUT2D eigenvalue weighted by Gasteiger charge is 2.36. The minimum absolute atomic E-state index is 0.233. The van der Waals surface area contributed by atoms with Crippen molar-refractivity contribution < 1.29 is 31.1 Å². The molecule has 2 N–H and O–H groups in total. The number of nitrogens with zero attached hydrogens (tertiary/aromatic N) is 4. The van der Waals surface area contributed by atoms with Gasteiger partial charge in [0.1, 0.15) is 17.9 Å². The molecule has 2 aromatic heterocycles. The van der Waals surface area contributed by atoms with Gasteiger partial charge in [0.25, 0.3) is 0 Å². The van der Waals surface area contributed by atoms with E-state index in [0.717, 1.165) is 12.4 Å². The zero-order chi connectivity index (χ0) is 16.5. The number of nitrogen functional groups attached to an aromatic ring is 1. The van der Waals surface area contributed by atoms with Crippen molar-refractivity contribution in [3.8, 4) is 5.82 Å². The van der Waals surface area contributed by atoms with Crippen LogP contribution in [-0.4, -0.2) is 26.3 Å². The fraction of sp³-hybridized carbons (Fsp3) is 0.300. The molecule has 0 spiro atoms. The smallest absolute Gasteiger partial charge is 0.397 e. The molecule has 0 aliphatic heterocycles. The Morgan fingerprint density at radius 3 is 2.41 bits per heavy atom. The van der Waals surface area contributed by atoms with E-state index in [-0.39, 0.29) is 11.4 Å². The fourth-order valence-corrected chi connectivity index (χ4v) is 1.46. The van der Waals surface area contributed by atoms with Crippen molar-refractivity contribution in [2.45, 2.75) is 19.1 Å². The highest BCUT2D eigenvalue weighted by Crippen LogP contribution is 2.33. The Hall–Kier alpha value is -2.37. The molecule has 0 radical (unpaired) electrons. The van der Waals surface area contributed by atoms with Crippen LogP contribution in [-0.2, 0) is 17.5 Å². The SMILES string of the molecule is Nc1cnc(-n2ncc(COC(F)(F)F)n2)c(C(F)(F)F)c1. The Morgan fingerprint density at radius 2 is 1.82 bits per heavy atom. The van der Waals surface area contributed by atoms with Gasteiger partial charge in [0.15, 0.2) is 5.82 Å². The Labute approximate surface area is 118 Å². The van der Waals surface area contributed by atoms with E-state index in [2.05, 4.69) is 19.9 Å². The van der Waals surface area contributed by atoms with Crippen molar-refractivity contribution in [1.29, 1.82) is 0 Å². The lowest BCUT2D eigenvalue weighted by atomic mass is 10.2. The lowest BCUT2D eigenvalue weighted by Crippen LogP contribution is -2.15. The molecule has 0 atom stereocenters. The molecule has 0 bridgehead atoms. The van der Waals surface area contributed by atoms with E-state index in [1.807, 2.05) is 0 Å². The van der Waals surface area contributed by atoms with Gasteiger partial charge in [-0.15, -0.1) is 23.1 Å². The number of alkyl halides is 6.